The maximum atomic E-state index is 10.7. The fraction of sp³-hybridized carbons (Fsp3) is 0.650. The first kappa shape index (κ1) is 25.6. The van der Waals surface area contributed by atoms with Crippen LogP contribution in [0.5, 0.6) is 0 Å². The smallest absolute Gasteiger partial charge is 0.191 e. The van der Waals surface area contributed by atoms with Gasteiger partial charge in [-0.1, -0.05) is 28.1 Å². The summed E-state index contributed by atoms with van der Waals surface area (Å²) in [6.07, 6.45) is 2.03. The molecule has 0 aromatic heterocycles. The number of rotatable bonds is 9. The Morgan fingerprint density at radius 2 is 2.07 bits per heavy atom. The van der Waals surface area contributed by atoms with Crippen LogP contribution in [0.4, 0.5) is 0 Å². The minimum Gasteiger partial charge on any atom is -0.387 e. The van der Waals surface area contributed by atoms with Crippen LogP contribution in [0.25, 0.3) is 0 Å². The summed E-state index contributed by atoms with van der Waals surface area (Å²) >= 11 is 3.51. The third-order valence-corrected chi connectivity index (χ3v) is 4.91. The van der Waals surface area contributed by atoms with Crippen molar-refractivity contribution in [1.82, 2.24) is 15.5 Å². The van der Waals surface area contributed by atoms with Crippen LogP contribution in [0.3, 0.4) is 0 Å². The van der Waals surface area contributed by atoms with Crippen molar-refractivity contribution in [2.24, 2.45) is 4.99 Å². The lowest BCUT2D eigenvalue weighted by Crippen LogP contribution is -2.48. The number of hydrogen-bond acceptors (Lipinski definition) is 4. The average Bonchev–Trinajstić information content (AvgIpc) is 2.64. The molecule has 1 aromatic carbocycles. The Kier molecular flexibility index (Phi) is 12.6. The number of ether oxygens (including phenoxy) is 1. The number of aliphatic hydroxyl groups is 1. The predicted molar refractivity (Wildman–Crippen MR) is 130 cm³/mol. The van der Waals surface area contributed by atoms with E-state index in [0.29, 0.717) is 13.1 Å². The van der Waals surface area contributed by atoms with Crippen LogP contribution in [0.15, 0.2) is 33.7 Å². The molecule has 0 aliphatic carbocycles. The molecule has 1 aromatic rings. The maximum Gasteiger partial charge on any atom is 0.191 e. The van der Waals surface area contributed by atoms with E-state index in [-0.39, 0.29) is 24.0 Å². The van der Waals surface area contributed by atoms with Crippen LogP contribution in [-0.2, 0) is 11.2 Å². The number of morpholine rings is 1. The van der Waals surface area contributed by atoms with Gasteiger partial charge in [-0.2, -0.15) is 0 Å². The second-order valence-electron chi connectivity index (χ2n) is 7.24. The Balaban J connectivity index is 0.00000392. The van der Waals surface area contributed by atoms with Crippen molar-refractivity contribution in [3.05, 3.63) is 34.3 Å². The maximum absolute atomic E-state index is 10.7. The zero-order valence-electron chi connectivity index (χ0n) is 16.9. The highest BCUT2D eigenvalue weighted by Crippen LogP contribution is 2.13. The average molecular weight is 569 g/mol. The molecule has 2 rings (SSSR count). The van der Waals surface area contributed by atoms with Crippen LogP contribution in [-0.4, -0.2) is 74.0 Å². The molecule has 1 unspecified atom stereocenters. The summed E-state index contributed by atoms with van der Waals surface area (Å²) < 4.78 is 6.48. The topological polar surface area (TPSA) is 69.1 Å². The van der Waals surface area contributed by atoms with Gasteiger partial charge in [-0.25, -0.2) is 0 Å². The number of β-amino-alcohol motifs (C(OH)–C–C–N with tert-alkyl or cyclic N) is 1. The molecule has 0 radical (unpaired) electrons. The van der Waals surface area contributed by atoms with Crippen LogP contribution >= 0.6 is 39.9 Å². The minimum atomic E-state index is -0.851. The normalized spacial score (nSPS) is 17.5. The zero-order chi connectivity index (χ0) is 19.5. The molecule has 1 fully saturated rings. The Hall–Kier alpha value is -0.420. The fourth-order valence-corrected chi connectivity index (χ4v) is 3.52. The first-order valence-electron chi connectivity index (χ1n) is 9.77. The lowest BCUT2D eigenvalue weighted by molar-refractivity contribution is -0.0179. The number of nitrogens with zero attached hydrogens (tertiary/aromatic N) is 2. The Bertz CT molecular complexity index is 595. The van der Waals surface area contributed by atoms with Crippen molar-refractivity contribution >= 4 is 45.9 Å². The first-order valence-corrected chi connectivity index (χ1v) is 10.6. The van der Waals surface area contributed by atoms with Gasteiger partial charge < -0.3 is 20.5 Å². The lowest BCUT2D eigenvalue weighted by atomic mass is 10.1. The molecular formula is C20H34BrIN4O2. The molecule has 6 nitrogen and oxygen atoms in total. The highest BCUT2D eigenvalue weighted by atomic mass is 127. The van der Waals surface area contributed by atoms with E-state index >= 15 is 0 Å². The molecule has 1 heterocycles. The standard InChI is InChI=1S/C20H33BrN4O2.HI/c1-3-22-19(23-9-5-7-17-6-4-8-18(21)14-17)24-15-20(2,26)16-25-10-12-27-13-11-25;/h4,6,8,14,26H,3,5,7,9-13,15-16H2,1-2H3,(H2,22,23,24);1H. The molecule has 160 valence electrons. The molecule has 1 saturated heterocycles. The number of aryl methyl sites for hydroxylation is 1. The Labute approximate surface area is 194 Å². The van der Waals surface area contributed by atoms with Crippen molar-refractivity contribution in [2.45, 2.75) is 32.3 Å². The van der Waals surface area contributed by atoms with Gasteiger partial charge >= 0.3 is 0 Å². The van der Waals surface area contributed by atoms with Crippen molar-refractivity contribution in [3.8, 4) is 0 Å². The van der Waals surface area contributed by atoms with Crippen LogP contribution < -0.4 is 10.6 Å². The van der Waals surface area contributed by atoms with Gasteiger partial charge in [0.15, 0.2) is 5.96 Å². The molecule has 0 spiro atoms. The zero-order valence-corrected chi connectivity index (χ0v) is 20.8. The van der Waals surface area contributed by atoms with Gasteiger partial charge in [-0.3, -0.25) is 9.89 Å². The summed E-state index contributed by atoms with van der Waals surface area (Å²) in [7, 11) is 0. The third kappa shape index (κ3) is 10.4. The molecule has 0 saturated carbocycles. The number of benzene rings is 1. The summed E-state index contributed by atoms with van der Waals surface area (Å²) in [6.45, 7) is 9.72. The predicted octanol–water partition coefficient (Wildman–Crippen LogP) is 2.64. The SMILES string of the molecule is CCNC(=NCC(C)(O)CN1CCOCC1)NCCCc1cccc(Br)c1.I. The van der Waals surface area contributed by atoms with Gasteiger partial charge in [0.05, 0.1) is 25.4 Å². The second-order valence-corrected chi connectivity index (χ2v) is 8.16. The molecule has 8 heteroatoms. The number of hydrogen-bond donors (Lipinski definition) is 3. The van der Waals surface area contributed by atoms with Crippen molar-refractivity contribution in [3.63, 3.8) is 0 Å². The summed E-state index contributed by atoms with van der Waals surface area (Å²) in [5.41, 5.74) is 0.470. The minimum absolute atomic E-state index is 0. The van der Waals surface area contributed by atoms with Gasteiger partial charge in [0, 0.05) is 37.2 Å². The summed E-state index contributed by atoms with van der Waals surface area (Å²) in [4.78, 5) is 6.82. The molecule has 3 N–H and O–H groups in total. The van der Waals surface area contributed by atoms with Crippen molar-refractivity contribution < 1.29 is 9.84 Å². The number of aliphatic imine (C=N–C) groups is 1. The van der Waals surface area contributed by atoms with Gasteiger partial charge in [0.25, 0.3) is 0 Å². The molecule has 1 aliphatic heterocycles. The number of guanidine groups is 1. The number of halogens is 2. The summed E-state index contributed by atoms with van der Waals surface area (Å²) in [6, 6.07) is 8.41. The molecule has 1 aliphatic rings. The van der Waals surface area contributed by atoms with Crippen molar-refractivity contribution in [2.75, 3.05) is 52.5 Å². The molecule has 0 amide bonds. The van der Waals surface area contributed by atoms with E-state index in [1.807, 2.05) is 19.9 Å². The van der Waals surface area contributed by atoms with Gasteiger partial charge in [-0.15, -0.1) is 24.0 Å². The number of nitrogens with one attached hydrogen (secondary N) is 2. The molecular weight excluding hydrogens is 535 g/mol. The van der Waals surface area contributed by atoms with E-state index in [9.17, 15) is 5.11 Å². The van der Waals surface area contributed by atoms with Gasteiger partial charge in [0.2, 0.25) is 0 Å². The lowest BCUT2D eigenvalue weighted by Gasteiger charge is -2.33. The highest BCUT2D eigenvalue weighted by molar-refractivity contribution is 14.0. The largest absolute Gasteiger partial charge is 0.387 e. The molecule has 28 heavy (non-hydrogen) atoms. The summed E-state index contributed by atoms with van der Waals surface area (Å²) in [5, 5.41) is 17.3. The van der Waals surface area contributed by atoms with E-state index in [1.165, 1.54) is 5.56 Å². The molecule has 0 bridgehead atoms. The highest BCUT2D eigenvalue weighted by Gasteiger charge is 2.25. The van der Waals surface area contributed by atoms with E-state index in [0.717, 1.165) is 62.7 Å². The van der Waals surface area contributed by atoms with Gasteiger partial charge in [0.1, 0.15) is 0 Å². The second kappa shape index (κ2) is 13.7. The van der Waals surface area contributed by atoms with Gasteiger partial charge in [-0.05, 0) is 44.4 Å². The van der Waals surface area contributed by atoms with Crippen LogP contribution in [0.2, 0.25) is 0 Å². The first-order chi connectivity index (χ1) is 13.0. The molecule has 1 atom stereocenters. The van der Waals surface area contributed by atoms with Crippen LogP contribution in [0, 0.1) is 0 Å². The fourth-order valence-electron chi connectivity index (χ4n) is 3.07. The third-order valence-electron chi connectivity index (χ3n) is 4.41. The van der Waals surface area contributed by atoms with Crippen molar-refractivity contribution in [1.29, 1.82) is 0 Å². The Morgan fingerprint density at radius 3 is 2.75 bits per heavy atom. The van der Waals surface area contributed by atoms with Crippen LogP contribution in [0.1, 0.15) is 25.8 Å². The monoisotopic (exact) mass is 568 g/mol. The van der Waals surface area contributed by atoms with E-state index in [4.69, 9.17) is 4.74 Å². The Morgan fingerprint density at radius 1 is 1.32 bits per heavy atom. The quantitative estimate of drug-likeness (QED) is 0.185. The van der Waals surface area contributed by atoms with E-state index in [2.05, 4.69) is 54.7 Å². The van der Waals surface area contributed by atoms with E-state index < -0.39 is 5.60 Å². The summed E-state index contributed by atoms with van der Waals surface area (Å²) in [5.74, 6) is 0.758. The van der Waals surface area contributed by atoms with E-state index in [1.54, 1.807) is 0 Å².